The Balaban J connectivity index is 1.62. The molecule has 0 aliphatic rings. The minimum Gasteiger partial charge on any atom is -0.322 e. The maximum Gasteiger partial charge on any atom is 0.417 e. The van der Waals surface area contributed by atoms with Crippen LogP contribution < -0.4 is 10.7 Å². The molecule has 3 rings (SSSR count). The number of carbonyl (C=O) groups is 2. The lowest BCUT2D eigenvalue weighted by Crippen LogP contribution is -2.17. The van der Waals surface area contributed by atoms with Gasteiger partial charge in [-0.1, -0.05) is 23.7 Å². The maximum absolute atomic E-state index is 12.9. The number of nitrogens with one attached hydrogen (secondary N) is 2. The molecular weight excluding hydrogens is 433 g/mol. The molecule has 1 heterocycles. The molecule has 6 nitrogen and oxygen atoms in total. The molecule has 3 aromatic rings. The minimum atomic E-state index is -4.63. The van der Waals surface area contributed by atoms with Crippen molar-refractivity contribution in [2.45, 2.75) is 6.18 Å². The number of benzene rings is 2. The van der Waals surface area contributed by atoms with Gasteiger partial charge in [-0.05, 0) is 48.0 Å². The van der Waals surface area contributed by atoms with Crippen molar-refractivity contribution >= 4 is 35.3 Å². The maximum atomic E-state index is 12.9. The average Bonchev–Trinajstić information content (AvgIpc) is 2.75. The third-order valence-electron chi connectivity index (χ3n) is 4.01. The van der Waals surface area contributed by atoms with Crippen LogP contribution in [0.2, 0.25) is 5.02 Å². The first-order valence-electron chi connectivity index (χ1n) is 8.75. The quantitative estimate of drug-likeness (QED) is 0.437. The van der Waals surface area contributed by atoms with E-state index in [-0.39, 0.29) is 11.3 Å². The lowest BCUT2D eigenvalue weighted by Gasteiger charge is -2.12. The van der Waals surface area contributed by atoms with Gasteiger partial charge in [-0.2, -0.15) is 18.3 Å². The average molecular weight is 447 g/mol. The Bertz CT molecular complexity index is 1120. The summed E-state index contributed by atoms with van der Waals surface area (Å²) in [6.07, 6.45) is -0.313. The molecule has 10 heteroatoms. The van der Waals surface area contributed by atoms with E-state index in [9.17, 15) is 22.8 Å². The van der Waals surface area contributed by atoms with E-state index in [1.807, 2.05) is 0 Å². The lowest BCUT2D eigenvalue weighted by atomic mass is 10.1. The van der Waals surface area contributed by atoms with Crippen molar-refractivity contribution in [1.82, 2.24) is 10.4 Å². The first-order chi connectivity index (χ1) is 14.7. The Morgan fingerprint density at radius 3 is 2.39 bits per heavy atom. The molecule has 0 saturated carbocycles. The fraction of sp³-hybridized carbons (Fsp3) is 0.0476. The van der Waals surface area contributed by atoms with Crippen molar-refractivity contribution in [2.75, 3.05) is 5.32 Å². The largest absolute Gasteiger partial charge is 0.417 e. The highest BCUT2D eigenvalue weighted by atomic mass is 35.5. The van der Waals surface area contributed by atoms with E-state index in [1.54, 1.807) is 30.5 Å². The Morgan fingerprint density at radius 2 is 1.74 bits per heavy atom. The number of pyridine rings is 1. The molecule has 2 amide bonds. The first-order valence-corrected chi connectivity index (χ1v) is 9.13. The topological polar surface area (TPSA) is 83.5 Å². The van der Waals surface area contributed by atoms with Crippen molar-refractivity contribution in [1.29, 1.82) is 0 Å². The molecule has 2 N–H and O–H groups in total. The van der Waals surface area contributed by atoms with E-state index < -0.39 is 28.6 Å². The van der Waals surface area contributed by atoms with Crippen LogP contribution in [0.4, 0.5) is 18.9 Å². The number of aromatic nitrogens is 1. The summed E-state index contributed by atoms with van der Waals surface area (Å²) in [6, 6.07) is 12.4. The zero-order valence-corrected chi connectivity index (χ0v) is 16.4. The van der Waals surface area contributed by atoms with Crippen molar-refractivity contribution in [3.05, 3.63) is 94.3 Å². The molecule has 0 saturated heterocycles. The molecule has 0 radical (unpaired) electrons. The highest BCUT2D eigenvalue weighted by molar-refractivity contribution is 6.31. The predicted molar refractivity (Wildman–Crippen MR) is 110 cm³/mol. The monoisotopic (exact) mass is 446 g/mol. The van der Waals surface area contributed by atoms with Gasteiger partial charge in [0.2, 0.25) is 0 Å². The molecule has 158 valence electrons. The van der Waals surface area contributed by atoms with E-state index in [2.05, 4.69) is 20.8 Å². The van der Waals surface area contributed by atoms with Gasteiger partial charge in [-0.3, -0.25) is 14.6 Å². The van der Waals surface area contributed by atoms with Crippen LogP contribution in [0.5, 0.6) is 0 Å². The summed E-state index contributed by atoms with van der Waals surface area (Å²) in [5.41, 5.74) is 2.44. The fourth-order valence-electron chi connectivity index (χ4n) is 2.47. The molecule has 0 aliphatic carbocycles. The summed E-state index contributed by atoms with van der Waals surface area (Å²) in [5.74, 6) is -1.02. The first kappa shape index (κ1) is 22.0. The molecule has 2 aromatic carbocycles. The Kier molecular flexibility index (Phi) is 6.66. The van der Waals surface area contributed by atoms with Crippen LogP contribution in [-0.4, -0.2) is 23.0 Å². The third-order valence-corrected chi connectivity index (χ3v) is 4.34. The molecule has 0 spiro atoms. The number of carbonyl (C=O) groups excluding carboxylic acids is 2. The number of amides is 2. The Morgan fingerprint density at radius 1 is 1.00 bits per heavy atom. The lowest BCUT2D eigenvalue weighted by molar-refractivity contribution is -0.137. The summed E-state index contributed by atoms with van der Waals surface area (Å²) in [5, 5.41) is 5.77. The van der Waals surface area contributed by atoms with Gasteiger partial charge < -0.3 is 5.32 Å². The van der Waals surface area contributed by atoms with E-state index >= 15 is 0 Å². The molecular formula is C21H14ClF3N4O2. The number of rotatable bonds is 5. The van der Waals surface area contributed by atoms with Crippen LogP contribution in [0.3, 0.4) is 0 Å². The van der Waals surface area contributed by atoms with Gasteiger partial charge in [0.15, 0.2) is 0 Å². The number of hydrogen-bond donors (Lipinski definition) is 2. The molecule has 0 bridgehead atoms. The van der Waals surface area contributed by atoms with E-state index in [4.69, 9.17) is 11.6 Å². The third kappa shape index (κ3) is 5.89. The van der Waals surface area contributed by atoms with E-state index in [1.165, 1.54) is 30.6 Å². The number of hydrogen-bond acceptors (Lipinski definition) is 4. The second-order valence-corrected chi connectivity index (χ2v) is 6.62. The SMILES string of the molecule is O=C(N/N=C/c1ccc(C(=O)Nc2ccc(Cl)c(C(F)(F)F)c2)cc1)c1cccnc1. The van der Waals surface area contributed by atoms with Crippen LogP contribution in [0.25, 0.3) is 0 Å². The molecule has 0 unspecified atom stereocenters. The van der Waals surface area contributed by atoms with Gasteiger partial charge in [0.25, 0.3) is 11.8 Å². The van der Waals surface area contributed by atoms with Crippen LogP contribution in [0, 0.1) is 0 Å². The summed E-state index contributed by atoms with van der Waals surface area (Å²) in [4.78, 5) is 28.0. The standard InChI is InChI=1S/C21H14ClF3N4O2/c22-18-8-7-16(10-17(18)21(23,24)25)28-19(30)14-5-3-13(4-6-14)11-27-29-20(31)15-2-1-9-26-12-15/h1-12H,(H,28,30)(H,29,31)/b27-11+. The normalized spacial score (nSPS) is 11.4. The fourth-order valence-corrected chi connectivity index (χ4v) is 2.70. The second kappa shape index (κ2) is 9.40. The van der Waals surface area contributed by atoms with Gasteiger partial charge in [0, 0.05) is 23.6 Å². The summed E-state index contributed by atoms with van der Waals surface area (Å²) in [7, 11) is 0. The number of anilines is 1. The summed E-state index contributed by atoms with van der Waals surface area (Å²) in [6.45, 7) is 0. The Hall–Kier alpha value is -3.72. The molecule has 0 atom stereocenters. The minimum absolute atomic E-state index is 0.0366. The smallest absolute Gasteiger partial charge is 0.322 e. The summed E-state index contributed by atoms with van der Waals surface area (Å²) < 4.78 is 38.8. The van der Waals surface area contributed by atoms with Crippen LogP contribution >= 0.6 is 11.6 Å². The van der Waals surface area contributed by atoms with Crippen LogP contribution in [0.15, 0.2) is 72.1 Å². The highest BCUT2D eigenvalue weighted by Crippen LogP contribution is 2.36. The number of halogens is 4. The molecule has 1 aromatic heterocycles. The Labute approximate surface area is 179 Å². The number of hydrazone groups is 1. The molecule has 0 fully saturated rings. The van der Waals surface area contributed by atoms with Gasteiger partial charge in [-0.25, -0.2) is 5.43 Å². The zero-order valence-electron chi connectivity index (χ0n) is 15.7. The highest BCUT2D eigenvalue weighted by Gasteiger charge is 2.33. The van der Waals surface area contributed by atoms with Gasteiger partial charge in [0.05, 0.1) is 22.4 Å². The van der Waals surface area contributed by atoms with Crippen LogP contribution in [-0.2, 0) is 6.18 Å². The van der Waals surface area contributed by atoms with E-state index in [0.717, 1.165) is 12.1 Å². The molecule has 0 aliphatic heterocycles. The van der Waals surface area contributed by atoms with E-state index in [0.29, 0.717) is 11.1 Å². The number of alkyl halides is 3. The van der Waals surface area contributed by atoms with Crippen LogP contribution in [0.1, 0.15) is 31.8 Å². The van der Waals surface area contributed by atoms with Crippen molar-refractivity contribution in [3.63, 3.8) is 0 Å². The van der Waals surface area contributed by atoms with Gasteiger partial charge in [0.1, 0.15) is 0 Å². The van der Waals surface area contributed by atoms with Gasteiger partial charge in [-0.15, -0.1) is 0 Å². The van der Waals surface area contributed by atoms with Crippen molar-refractivity contribution < 1.29 is 22.8 Å². The zero-order chi connectivity index (χ0) is 22.4. The number of nitrogens with zero attached hydrogens (tertiary/aromatic N) is 2. The second-order valence-electron chi connectivity index (χ2n) is 6.21. The van der Waals surface area contributed by atoms with Crippen molar-refractivity contribution in [3.8, 4) is 0 Å². The van der Waals surface area contributed by atoms with Gasteiger partial charge >= 0.3 is 6.18 Å². The van der Waals surface area contributed by atoms with Crippen molar-refractivity contribution in [2.24, 2.45) is 5.10 Å². The predicted octanol–water partition coefficient (Wildman–Crippen LogP) is 4.77. The summed E-state index contributed by atoms with van der Waals surface area (Å²) >= 11 is 5.57. The molecule has 31 heavy (non-hydrogen) atoms.